The van der Waals surface area contributed by atoms with Gasteiger partial charge in [-0.2, -0.15) is 0 Å². The summed E-state index contributed by atoms with van der Waals surface area (Å²) in [7, 11) is 3.52. The molecule has 1 unspecified atom stereocenters. The van der Waals surface area contributed by atoms with E-state index in [2.05, 4.69) is 42.2 Å². The molecule has 0 bridgehead atoms. The predicted molar refractivity (Wildman–Crippen MR) is 88.5 cm³/mol. The van der Waals surface area contributed by atoms with Crippen molar-refractivity contribution in [1.82, 2.24) is 10.3 Å². The lowest BCUT2D eigenvalue weighted by Gasteiger charge is -2.20. The van der Waals surface area contributed by atoms with Gasteiger partial charge in [-0.3, -0.25) is 4.98 Å². The van der Waals surface area contributed by atoms with Crippen molar-refractivity contribution >= 4 is 43.5 Å². The highest BCUT2D eigenvalue weighted by molar-refractivity contribution is 9.11. The molecule has 1 heterocycles. The lowest BCUT2D eigenvalue weighted by atomic mass is 10.0. The third-order valence-corrected chi connectivity index (χ3v) is 4.21. The van der Waals surface area contributed by atoms with Crippen molar-refractivity contribution in [2.24, 2.45) is 0 Å². The fourth-order valence-electron chi connectivity index (χ4n) is 2.01. The van der Waals surface area contributed by atoms with Gasteiger partial charge in [-0.15, -0.1) is 0 Å². The highest BCUT2D eigenvalue weighted by Gasteiger charge is 2.20. The normalized spacial score (nSPS) is 12.2. The Morgan fingerprint density at radius 3 is 2.65 bits per heavy atom. The maximum absolute atomic E-state index is 6.10. The molecule has 0 radical (unpaired) electrons. The van der Waals surface area contributed by atoms with Crippen molar-refractivity contribution in [3.8, 4) is 5.75 Å². The van der Waals surface area contributed by atoms with Gasteiger partial charge >= 0.3 is 0 Å². The van der Waals surface area contributed by atoms with Gasteiger partial charge in [-0.1, -0.05) is 11.6 Å². The highest BCUT2D eigenvalue weighted by Crippen LogP contribution is 2.34. The first kappa shape index (κ1) is 15.8. The Bertz CT molecular complexity index is 622. The second kappa shape index (κ2) is 6.89. The number of pyridine rings is 1. The third kappa shape index (κ3) is 3.34. The van der Waals surface area contributed by atoms with Crippen LogP contribution in [0, 0.1) is 0 Å². The molecule has 0 aliphatic heterocycles. The Kier molecular flexibility index (Phi) is 5.43. The molecule has 106 valence electrons. The smallest absolute Gasteiger partial charge is 0.124 e. The van der Waals surface area contributed by atoms with Crippen molar-refractivity contribution in [1.29, 1.82) is 0 Å². The summed E-state index contributed by atoms with van der Waals surface area (Å²) in [6, 6.07) is 7.39. The van der Waals surface area contributed by atoms with Crippen molar-refractivity contribution in [3.63, 3.8) is 0 Å². The molecular weight excluding hydrogens is 407 g/mol. The van der Waals surface area contributed by atoms with Gasteiger partial charge in [0.1, 0.15) is 5.75 Å². The van der Waals surface area contributed by atoms with Crippen LogP contribution in [0.1, 0.15) is 17.3 Å². The van der Waals surface area contributed by atoms with E-state index in [1.54, 1.807) is 19.4 Å². The van der Waals surface area contributed by atoms with Crippen LogP contribution in [0.4, 0.5) is 0 Å². The molecular formula is C14H13Br2ClN2O. The van der Waals surface area contributed by atoms with E-state index in [1.165, 1.54) is 0 Å². The third-order valence-electron chi connectivity index (χ3n) is 2.90. The predicted octanol–water partition coefficient (Wildman–Crippen LogP) is 4.58. The van der Waals surface area contributed by atoms with Crippen LogP contribution in [0.5, 0.6) is 5.75 Å². The van der Waals surface area contributed by atoms with E-state index in [-0.39, 0.29) is 6.04 Å². The van der Waals surface area contributed by atoms with E-state index in [0.29, 0.717) is 5.02 Å². The number of aromatic nitrogens is 1. The first-order chi connectivity index (χ1) is 9.56. The molecule has 20 heavy (non-hydrogen) atoms. The summed E-state index contributed by atoms with van der Waals surface area (Å²) in [5.74, 6) is 0.769. The van der Waals surface area contributed by atoms with E-state index >= 15 is 0 Å². The topological polar surface area (TPSA) is 34.1 Å². The number of nitrogens with zero attached hydrogens (tertiary/aromatic N) is 1. The lowest BCUT2D eigenvalue weighted by Crippen LogP contribution is -2.20. The number of halogens is 3. The zero-order valence-corrected chi connectivity index (χ0v) is 14.9. The Hall–Kier alpha value is -0.620. The van der Waals surface area contributed by atoms with Crippen molar-refractivity contribution < 1.29 is 4.74 Å². The summed E-state index contributed by atoms with van der Waals surface area (Å²) >= 11 is 13.1. The van der Waals surface area contributed by atoms with Crippen molar-refractivity contribution in [2.45, 2.75) is 6.04 Å². The van der Waals surface area contributed by atoms with Gasteiger partial charge in [-0.25, -0.2) is 0 Å². The maximum atomic E-state index is 6.10. The Morgan fingerprint density at radius 1 is 1.30 bits per heavy atom. The van der Waals surface area contributed by atoms with Crippen LogP contribution in [0.3, 0.4) is 0 Å². The van der Waals surface area contributed by atoms with Crippen LogP contribution in [0.2, 0.25) is 5.02 Å². The summed E-state index contributed by atoms with van der Waals surface area (Å²) in [4.78, 5) is 4.48. The Labute approximate surface area is 140 Å². The number of rotatable bonds is 4. The van der Waals surface area contributed by atoms with Crippen molar-refractivity contribution in [3.05, 3.63) is 55.7 Å². The van der Waals surface area contributed by atoms with Crippen LogP contribution in [-0.4, -0.2) is 19.1 Å². The van der Waals surface area contributed by atoms with Gasteiger partial charge in [0, 0.05) is 25.7 Å². The monoisotopic (exact) mass is 418 g/mol. The van der Waals surface area contributed by atoms with Gasteiger partial charge in [0.25, 0.3) is 0 Å². The molecule has 0 aliphatic rings. The Balaban J connectivity index is 2.54. The van der Waals surface area contributed by atoms with E-state index in [4.69, 9.17) is 16.3 Å². The van der Waals surface area contributed by atoms with Crippen LogP contribution in [-0.2, 0) is 0 Å². The summed E-state index contributed by atoms with van der Waals surface area (Å²) in [5.41, 5.74) is 1.81. The number of hydrogen-bond acceptors (Lipinski definition) is 3. The van der Waals surface area contributed by atoms with E-state index in [9.17, 15) is 0 Å². The average molecular weight is 421 g/mol. The minimum absolute atomic E-state index is 0.119. The highest BCUT2D eigenvalue weighted by atomic mass is 79.9. The van der Waals surface area contributed by atoms with Crippen LogP contribution >= 0.6 is 43.5 Å². The number of nitrogens with one attached hydrogen (secondary N) is 1. The average Bonchev–Trinajstić information content (AvgIpc) is 2.42. The molecule has 0 saturated heterocycles. The molecule has 0 spiro atoms. The van der Waals surface area contributed by atoms with E-state index in [0.717, 1.165) is 26.0 Å². The van der Waals surface area contributed by atoms with Crippen molar-refractivity contribution in [2.75, 3.05) is 14.2 Å². The fraction of sp³-hybridized carbons (Fsp3) is 0.214. The molecule has 0 fully saturated rings. The van der Waals surface area contributed by atoms with Crippen LogP contribution in [0.25, 0.3) is 0 Å². The van der Waals surface area contributed by atoms with Crippen LogP contribution < -0.4 is 10.1 Å². The largest absolute Gasteiger partial charge is 0.496 e. The summed E-state index contributed by atoms with van der Waals surface area (Å²) in [5, 5.41) is 3.91. The maximum Gasteiger partial charge on any atom is 0.124 e. The molecule has 1 atom stereocenters. The van der Waals surface area contributed by atoms with Gasteiger partial charge in [0.2, 0.25) is 0 Å². The minimum Gasteiger partial charge on any atom is -0.496 e. The van der Waals surface area contributed by atoms with Crippen LogP contribution in [0.15, 0.2) is 39.4 Å². The zero-order chi connectivity index (χ0) is 14.7. The molecule has 0 amide bonds. The summed E-state index contributed by atoms with van der Waals surface area (Å²) in [6.45, 7) is 0. The van der Waals surface area contributed by atoms with Gasteiger partial charge < -0.3 is 10.1 Å². The molecule has 1 aromatic heterocycles. The number of methoxy groups -OCH3 is 1. The Morgan fingerprint density at radius 2 is 2.05 bits per heavy atom. The molecule has 2 rings (SSSR count). The minimum atomic E-state index is -0.119. The second-order valence-corrected chi connectivity index (χ2v) is 6.34. The molecule has 1 aromatic carbocycles. The lowest BCUT2D eigenvalue weighted by molar-refractivity contribution is 0.405. The number of benzene rings is 1. The number of ether oxygens (including phenoxy) is 1. The van der Waals surface area contributed by atoms with Gasteiger partial charge in [-0.05, 0) is 63.2 Å². The van der Waals surface area contributed by atoms with Gasteiger partial charge in [0.05, 0.1) is 18.8 Å². The fourth-order valence-corrected chi connectivity index (χ4v) is 3.40. The summed E-state index contributed by atoms with van der Waals surface area (Å²) in [6.07, 6.45) is 1.77. The zero-order valence-electron chi connectivity index (χ0n) is 11.0. The molecule has 0 saturated carbocycles. The van der Waals surface area contributed by atoms with E-state index < -0.39 is 0 Å². The SMILES string of the molecule is CNC(c1cc(Cl)ccc1OC)c1ncc(Br)cc1Br. The van der Waals surface area contributed by atoms with Gasteiger partial charge in [0.15, 0.2) is 0 Å². The molecule has 1 N–H and O–H groups in total. The second-order valence-electron chi connectivity index (χ2n) is 4.13. The first-order valence-corrected chi connectivity index (χ1v) is 7.85. The standard InChI is InChI=1S/C14H13Br2ClN2O/c1-18-13(14-11(16)5-8(15)7-19-14)10-6-9(17)3-4-12(10)20-2/h3-7,13,18H,1-2H3. The first-order valence-electron chi connectivity index (χ1n) is 5.88. The molecule has 3 nitrogen and oxygen atoms in total. The number of hydrogen-bond donors (Lipinski definition) is 1. The van der Waals surface area contributed by atoms with E-state index in [1.807, 2.05) is 25.2 Å². The molecule has 2 aromatic rings. The quantitative estimate of drug-likeness (QED) is 0.786. The molecule has 6 heteroatoms. The summed E-state index contributed by atoms with van der Waals surface area (Å²) < 4.78 is 7.25. The molecule has 0 aliphatic carbocycles.